The number of aromatic amines is 1. The number of esters is 1. The number of carbonyl (C=O) groups excluding carboxylic acids is 2. The number of amides is 1. The van der Waals surface area contributed by atoms with Gasteiger partial charge in [-0.2, -0.15) is 10.2 Å². The van der Waals surface area contributed by atoms with E-state index in [-0.39, 0.29) is 18.1 Å². The van der Waals surface area contributed by atoms with Gasteiger partial charge < -0.3 is 14.8 Å². The van der Waals surface area contributed by atoms with Crippen LogP contribution in [0.1, 0.15) is 27.8 Å². The second-order valence-electron chi connectivity index (χ2n) is 7.78. The molecule has 2 aromatic carbocycles. The third kappa shape index (κ3) is 4.39. The molecular weight excluding hydrogens is 460 g/mol. The number of aromatic nitrogens is 5. The number of hydrogen-bond acceptors (Lipinski definition) is 7. The predicted octanol–water partition coefficient (Wildman–Crippen LogP) is 4.22. The van der Waals surface area contributed by atoms with Crippen molar-refractivity contribution in [3.05, 3.63) is 84.3 Å². The fourth-order valence-corrected chi connectivity index (χ4v) is 3.79. The minimum Gasteiger partial charge on any atom is -0.497 e. The summed E-state index contributed by atoms with van der Waals surface area (Å²) in [5.74, 6) is -0.113. The second-order valence-corrected chi connectivity index (χ2v) is 7.78. The van der Waals surface area contributed by atoms with Crippen LogP contribution in [0.3, 0.4) is 0 Å². The largest absolute Gasteiger partial charge is 0.497 e. The fraction of sp³-hybridized carbons (Fsp3) is 0.115. The molecule has 0 atom stereocenters. The van der Waals surface area contributed by atoms with Crippen LogP contribution in [-0.4, -0.2) is 50.4 Å². The Kier molecular flexibility index (Phi) is 6.14. The topological polar surface area (TPSA) is 123 Å². The van der Waals surface area contributed by atoms with Gasteiger partial charge in [0.05, 0.1) is 31.3 Å². The number of nitrogens with zero attached hydrogens (tertiary/aromatic N) is 4. The zero-order valence-corrected chi connectivity index (χ0v) is 19.6. The number of H-pyrrole nitrogens is 1. The van der Waals surface area contributed by atoms with E-state index in [0.717, 1.165) is 11.1 Å². The second kappa shape index (κ2) is 9.71. The maximum absolute atomic E-state index is 12.9. The molecule has 180 valence electrons. The number of ether oxygens (including phenoxy) is 2. The number of carbonyl (C=O) groups is 2. The lowest BCUT2D eigenvalue weighted by Gasteiger charge is -2.08. The van der Waals surface area contributed by atoms with E-state index in [0.29, 0.717) is 34.2 Å². The lowest BCUT2D eigenvalue weighted by Crippen LogP contribution is -2.12. The lowest BCUT2D eigenvalue weighted by atomic mass is 10.1. The summed E-state index contributed by atoms with van der Waals surface area (Å²) in [5.41, 5.74) is 4.51. The molecule has 0 aliphatic rings. The highest BCUT2D eigenvalue weighted by molar-refractivity contribution is 6.03. The summed E-state index contributed by atoms with van der Waals surface area (Å²) >= 11 is 0. The summed E-state index contributed by atoms with van der Waals surface area (Å²) in [6.45, 7) is 2.00. The van der Waals surface area contributed by atoms with Gasteiger partial charge in [-0.05, 0) is 43.3 Å². The van der Waals surface area contributed by atoms with Gasteiger partial charge in [0.2, 0.25) is 0 Å². The van der Waals surface area contributed by atoms with Crippen LogP contribution in [0, 0.1) is 0 Å². The predicted molar refractivity (Wildman–Crippen MR) is 133 cm³/mol. The molecule has 0 aliphatic heterocycles. The summed E-state index contributed by atoms with van der Waals surface area (Å²) in [5, 5.41) is 14.3. The van der Waals surface area contributed by atoms with Gasteiger partial charge in [-0.1, -0.05) is 24.3 Å². The number of nitrogens with one attached hydrogen (secondary N) is 2. The molecule has 0 unspecified atom stereocenters. The smallest absolute Gasteiger partial charge is 0.343 e. The van der Waals surface area contributed by atoms with Gasteiger partial charge in [0.1, 0.15) is 17.0 Å². The van der Waals surface area contributed by atoms with E-state index in [1.165, 1.54) is 6.20 Å². The van der Waals surface area contributed by atoms with Crippen molar-refractivity contribution in [3.8, 4) is 28.3 Å². The summed E-state index contributed by atoms with van der Waals surface area (Å²) < 4.78 is 11.9. The monoisotopic (exact) mass is 482 g/mol. The minimum absolute atomic E-state index is 0.259. The molecule has 3 aromatic heterocycles. The lowest BCUT2D eigenvalue weighted by molar-refractivity contribution is 0.0528. The van der Waals surface area contributed by atoms with Crippen LogP contribution < -0.4 is 10.1 Å². The Morgan fingerprint density at radius 1 is 1.06 bits per heavy atom. The maximum atomic E-state index is 12.9. The molecule has 3 heterocycles. The first-order valence-electron chi connectivity index (χ1n) is 11.2. The molecule has 5 rings (SSSR count). The third-order valence-corrected chi connectivity index (χ3v) is 5.50. The number of rotatable bonds is 7. The molecule has 0 aliphatic carbocycles. The van der Waals surface area contributed by atoms with E-state index in [1.807, 2.05) is 42.5 Å². The van der Waals surface area contributed by atoms with Gasteiger partial charge in [-0.15, -0.1) is 0 Å². The highest BCUT2D eigenvalue weighted by Crippen LogP contribution is 2.25. The average Bonchev–Trinajstić information content (AvgIpc) is 3.57. The summed E-state index contributed by atoms with van der Waals surface area (Å²) in [4.78, 5) is 29.4. The molecule has 0 saturated carbocycles. The molecule has 36 heavy (non-hydrogen) atoms. The Hall–Kier alpha value is -4.99. The molecule has 2 N–H and O–H groups in total. The van der Waals surface area contributed by atoms with Crippen molar-refractivity contribution in [2.45, 2.75) is 6.92 Å². The van der Waals surface area contributed by atoms with Crippen LogP contribution in [-0.2, 0) is 4.74 Å². The van der Waals surface area contributed by atoms with Crippen molar-refractivity contribution in [1.82, 2.24) is 24.8 Å². The van der Waals surface area contributed by atoms with Crippen LogP contribution in [0.5, 0.6) is 5.75 Å². The third-order valence-electron chi connectivity index (χ3n) is 5.50. The van der Waals surface area contributed by atoms with Crippen LogP contribution in [0.25, 0.3) is 28.2 Å². The van der Waals surface area contributed by atoms with Crippen molar-refractivity contribution in [2.75, 3.05) is 19.0 Å². The zero-order chi connectivity index (χ0) is 25.1. The van der Waals surface area contributed by atoms with Crippen LogP contribution in [0.4, 0.5) is 5.69 Å². The van der Waals surface area contributed by atoms with Crippen molar-refractivity contribution in [3.63, 3.8) is 0 Å². The van der Waals surface area contributed by atoms with E-state index in [4.69, 9.17) is 9.47 Å². The van der Waals surface area contributed by atoms with Gasteiger partial charge in [0.15, 0.2) is 5.65 Å². The highest BCUT2D eigenvalue weighted by Gasteiger charge is 2.18. The molecule has 5 aromatic rings. The molecule has 10 heteroatoms. The van der Waals surface area contributed by atoms with E-state index in [1.54, 1.807) is 42.9 Å². The van der Waals surface area contributed by atoms with Gasteiger partial charge in [0.25, 0.3) is 5.91 Å². The summed E-state index contributed by atoms with van der Waals surface area (Å²) in [6.07, 6.45) is 3.04. The summed E-state index contributed by atoms with van der Waals surface area (Å²) in [6, 6.07) is 18.2. The van der Waals surface area contributed by atoms with E-state index in [2.05, 4.69) is 25.6 Å². The first-order chi connectivity index (χ1) is 17.6. The molecule has 10 nitrogen and oxygen atoms in total. The van der Waals surface area contributed by atoms with Crippen molar-refractivity contribution >= 4 is 23.2 Å². The van der Waals surface area contributed by atoms with Gasteiger partial charge in [-0.3, -0.25) is 9.89 Å². The molecule has 1 amide bonds. The summed E-state index contributed by atoms with van der Waals surface area (Å²) in [7, 11) is 1.60. The average molecular weight is 483 g/mol. The highest BCUT2D eigenvalue weighted by atomic mass is 16.5. The quantitative estimate of drug-likeness (QED) is 0.333. The Morgan fingerprint density at radius 2 is 1.89 bits per heavy atom. The number of fused-ring (bicyclic) bond motifs is 1. The number of anilines is 1. The fourth-order valence-electron chi connectivity index (χ4n) is 3.79. The number of hydrogen-bond donors (Lipinski definition) is 2. The normalized spacial score (nSPS) is 10.8. The van der Waals surface area contributed by atoms with Gasteiger partial charge >= 0.3 is 5.97 Å². The molecule has 0 bridgehead atoms. The van der Waals surface area contributed by atoms with E-state index in [9.17, 15) is 9.59 Å². The zero-order valence-electron chi connectivity index (χ0n) is 19.6. The molecule has 0 fully saturated rings. The Morgan fingerprint density at radius 3 is 2.72 bits per heavy atom. The van der Waals surface area contributed by atoms with E-state index < -0.39 is 5.97 Å². The van der Waals surface area contributed by atoms with Crippen molar-refractivity contribution in [1.29, 1.82) is 0 Å². The van der Waals surface area contributed by atoms with Crippen molar-refractivity contribution < 1.29 is 19.1 Å². The first kappa shape index (κ1) is 22.8. The number of benzene rings is 2. The Bertz CT molecular complexity index is 1570. The standard InChI is InChI=1S/C26H22N6O4/c1-3-36-26(34)20-15-28-32-23(10-11-27-24(20)32)17-7-4-8-18(12-17)29-25(33)22-14-21(30-31-22)16-6-5-9-19(13-16)35-2/h4-15H,3H2,1-2H3,(H,29,33)(H,30,31). The van der Waals surface area contributed by atoms with E-state index >= 15 is 0 Å². The Labute approximate surface area is 205 Å². The van der Waals surface area contributed by atoms with Crippen LogP contribution in [0.2, 0.25) is 0 Å². The van der Waals surface area contributed by atoms with Crippen LogP contribution in [0.15, 0.2) is 73.1 Å². The number of methoxy groups -OCH3 is 1. The molecule has 0 spiro atoms. The molecular formula is C26H22N6O4. The molecule has 0 saturated heterocycles. The molecule has 0 radical (unpaired) electrons. The van der Waals surface area contributed by atoms with Crippen LogP contribution >= 0.6 is 0 Å². The SMILES string of the molecule is CCOC(=O)c1cnn2c(-c3cccc(NC(=O)c4cc(-c5cccc(OC)c5)n[nH]4)c3)ccnc12. The minimum atomic E-state index is -0.481. The van der Waals surface area contributed by atoms with Crippen molar-refractivity contribution in [2.24, 2.45) is 0 Å². The van der Waals surface area contributed by atoms with Gasteiger partial charge in [0, 0.05) is 23.0 Å². The maximum Gasteiger partial charge on any atom is 0.343 e. The first-order valence-corrected chi connectivity index (χ1v) is 11.2. The van der Waals surface area contributed by atoms with Gasteiger partial charge in [-0.25, -0.2) is 14.3 Å². The Balaban J connectivity index is 1.39.